The van der Waals surface area contributed by atoms with Crippen LogP contribution in [0.5, 0.6) is 5.88 Å². The Kier molecular flexibility index (Phi) is 7.42. The SMILES string of the molecule is COC(=O)NCC(=O)N1C[C@H](COc2cccc(-c3ccccc3)n2)C[C@H]1C(=O)OC. The van der Waals surface area contributed by atoms with Gasteiger partial charge in [-0.1, -0.05) is 36.4 Å². The predicted molar refractivity (Wildman–Crippen MR) is 111 cm³/mol. The number of nitrogens with one attached hydrogen (secondary N) is 1. The maximum Gasteiger partial charge on any atom is 0.407 e. The van der Waals surface area contributed by atoms with Crippen molar-refractivity contribution in [1.82, 2.24) is 15.2 Å². The number of amides is 2. The Balaban J connectivity index is 1.62. The van der Waals surface area contributed by atoms with Gasteiger partial charge in [0.05, 0.1) is 26.5 Å². The lowest BCUT2D eigenvalue weighted by Crippen LogP contribution is -2.46. The summed E-state index contributed by atoms with van der Waals surface area (Å²) >= 11 is 0. The lowest BCUT2D eigenvalue weighted by atomic mass is 10.1. The number of pyridine rings is 1. The van der Waals surface area contributed by atoms with Gasteiger partial charge in [-0.2, -0.15) is 0 Å². The smallest absolute Gasteiger partial charge is 0.407 e. The molecule has 1 saturated heterocycles. The molecule has 0 unspecified atom stereocenters. The second-order valence-electron chi connectivity index (χ2n) is 7.07. The Bertz CT molecular complexity index is 920. The molecule has 0 spiro atoms. The summed E-state index contributed by atoms with van der Waals surface area (Å²) in [5.41, 5.74) is 1.78. The van der Waals surface area contributed by atoms with Gasteiger partial charge in [-0.05, 0) is 12.5 Å². The Hall–Kier alpha value is -3.62. The summed E-state index contributed by atoms with van der Waals surface area (Å²) in [6.07, 6.45) is -0.318. The van der Waals surface area contributed by atoms with Gasteiger partial charge in [-0.25, -0.2) is 14.6 Å². The van der Waals surface area contributed by atoms with Crippen molar-refractivity contribution >= 4 is 18.0 Å². The zero-order valence-corrected chi connectivity index (χ0v) is 17.4. The normalized spacial score (nSPS) is 17.7. The van der Waals surface area contributed by atoms with E-state index >= 15 is 0 Å². The predicted octanol–water partition coefficient (Wildman–Crippen LogP) is 1.87. The molecular weight excluding hydrogens is 402 g/mol. The summed E-state index contributed by atoms with van der Waals surface area (Å²) < 4.78 is 15.2. The van der Waals surface area contributed by atoms with E-state index in [1.807, 2.05) is 42.5 Å². The van der Waals surface area contributed by atoms with E-state index in [-0.39, 0.29) is 19.1 Å². The number of ether oxygens (including phenoxy) is 3. The van der Waals surface area contributed by atoms with E-state index in [4.69, 9.17) is 9.47 Å². The topological polar surface area (TPSA) is 107 Å². The van der Waals surface area contributed by atoms with Gasteiger partial charge in [-0.3, -0.25) is 4.79 Å². The van der Waals surface area contributed by atoms with E-state index in [0.717, 1.165) is 11.3 Å². The molecule has 164 valence electrons. The molecule has 0 aliphatic carbocycles. The lowest BCUT2D eigenvalue weighted by molar-refractivity contribution is -0.150. The molecule has 0 bridgehead atoms. The average Bonchev–Trinajstić information content (AvgIpc) is 3.25. The molecule has 9 nitrogen and oxygen atoms in total. The molecule has 0 radical (unpaired) electrons. The number of esters is 1. The summed E-state index contributed by atoms with van der Waals surface area (Å²) in [5, 5.41) is 2.34. The highest BCUT2D eigenvalue weighted by Crippen LogP contribution is 2.26. The molecule has 31 heavy (non-hydrogen) atoms. The molecular formula is C22H25N3O6. The van der Waals surface area contributed by atoms with Gasteiger partial charge in [0, 0.05) is 24.1 Å². The van der Waals surface area contributed by atoms with Crippen molar-refractivity contribution in [1.29, 1.82) is 0 Å². The quantitative estimate of drug-likeness (QED) is 0.672. The third-order valence-corrected chi connectivity index (χ3v) is 5.01. The standard InChI is InChI=1S/C22H25N3O6/c1-29-21(27)18-11-15(13-25(18)20(26)12-23-22(28)30-2)14-31-19-10-6-9-17(24-19)16-7-4-3-5-8-16/h3-10,15,18H,11-14H2,1-2H3,(H,23,28)/t15-,18+/m1/s1. The minimum Gasteiger partial charge on any atom is -0.477 e. The molecule has 3 rings (SSSR count). The summed E-state index contributed by atoms with van der Waals surface area (Å²) in [7, 11) is 2.49. The van der Waals surface area contributed by atoms with E-state index in [2.05, 4.69) is 15.0 Å². The zero-order valence-electron chi connectivity index (χ0n) is 17.4. The van der Waals surface area contributed by atoms with Crippen LogP contribution in [0.1, 0.15) is 6.42 Å². The summed E-state index contributed by atoms with van der Waals surface area (Å²) in [6.45, 7) is 0.321. The molecule has 2 amide bonds. The van der Waals surface area contributed by atoms with Crippen LogP contribution >= 0.6 is 0 Å². The molecule has 0 saturated carbocycles. The third-order valence-electron chi connectivity index (χ3n) is 5.01. The first-order chi connectivity index (χ1) is 15.0. The van der Waals surface area contributed by atoms with Gasteiger partial charge in [-0.15, -0.1) is 0 Å². The van der Waals surface area contributed by atoms with Crippen molar-refractivity contribution in [2.24, 2.45) is 5.92 Å². The zero-order chi connectivity index (χ0) is 22.2. The maximum absolute atomic E-state index is 12.5. The monoisotopic (exact) mass is 427 g/mol. The van der Waals surface area contributed by atoms with Gasteiger partial charge in [0.15, 0.2) is 0 Å². The van der Waals surface area contributed by atoms with Crippen LogP contribution in [0.15, 0.2) is 48.5 Å². The maximum atomic E-state index is 12.5. The fraction of sp³-hybridized carbons (Fsp3) is 0.364. The summed E-state index contributed by atoms with van der Waals surface area (Å²) in [6, 6.07) is 14.6. The minimum absolute atomic E-state index is 0.0895. The molecule has 2 aromatic rings. The van der Waals surface area contributed by atoms with Gasteiger partial charge in [0.25, 0.3) is 0 Å². The molecule has 1 aliphatic heterocycles. The average molecular weight is 427 g/mol. The number of rotatable bonds is 7. The van der Waals surface area contributed by atoms with Gasteiger partial charge >= 0.3 is 12.1 Å². The highest BCUT2D eigenvalue weighted by Gasteiger charge is 2.40. The molecule has 1 aromatic carbocycles. The number of hydrogen-bond donors (Lipinski definition) is 1. The van der Waals surface area contributed by atoms with Crippen molar-refractivity contribution in [3.8, 4) is 17.1 Å². The molecule has 2 atom stereocenters. The van der Waals surface area contributed by atoms with Gasteiger partial charge in [0.2, 0.25) is 11.8 Å². The van der Waals surface area contributed by atoms with Gasteiger partial charge < -0.3 is 24.4 Å². The van der Waals surface area contributed by atoms with Gasteiger partial charge in [0.1, 0.15) is 12.6 Å². The second-order valence-corrected chi connectivity index (χ2v) is 7.07. The molecule has 1 fully saturated rings. The largest absolute Gasteiger partial charge is 0.477 e. The van der Waals surface area contributed by atoms with Crippen LogP contribution in [0.3, 0.4) is 0 Å². The fourth-order valence-corrected chi connectivity index (χ4v) is 3.47. The van der Waals surface area contributed by atoms with Crippen LogP contribution in [0.4, 0.5) is 4.79 Å². The summed E-state index contributed by atoms with van der Waals surface area (Å²) in [5.74, 6) is -0.521. The molecule has 9 heteroatoms. The fourth-order valence-electron chi connectivity index (χ4n) is 3.47. The first-order valence-corrected chi connectivity index (χ1v) is 9.86. The number of carbonyl (C=O) groups is 3. The molecule has 1 N–H and O–H groups in total. The Morgan fingerprint density at radius 1 is 1.06 bits per heavy atom. The number of benzene rings is 1. The first-order valence-electron chi connectivity index (χ1n) is 9.86. The third kappa shape index (κ3) is 5.71. The Morgan fingerprint density at radius 3 is 2.55 bits per heavy atom. The van der Waals surface area contributed by atoms with E-state index in [1.54, 1.807) is 6.07 Å². The number of methoxy groups -OCH3 is 2. The van der Waals surface area contributed by atoms with Crippen LogP contribution in [0, 0.1) is 5.92 Å². The van der Waals surface area contributed by atoms with Crippen molar-refractivity contribution in [2.45, 2.75) is 12.5 Å². The Labute approximate surface area is 180 Å². The first kappa shape index (κ1) is 22.1. The van der Waals surface area contributed by atoms with E-state index in [1.165, 1.54) is 19.1 Å². The highest BCUT2D eigenvalue weighted by atomic mass is 16.5. The number of carbonyl (C=O) groups excluding carboxylic acids is 3. The number of nitrogens with zero attached hydrogens (tertiary/aromatic N) is 2. The van der Waals surface area contributed by atoms with Crippen LogP contribution in [-0.2, 0) is 19.1 Å². The molecule has 2 heterocycles. The molecule has 1 aliphatic rings. The van der Waals surface area contributed by atoms with Crippen LogP contribution in [0.25, 0.3) is 11.3 Å². The van der Waals surface area contributed by atoms with E-state index in [9.17, 15) is 14.4 Å². The minimum atomic E-state index is -0.728. The van der Waals surface area contributed by atoms with Crippen LogP contribution < -0.4 is 10.1 Å². The highest BCUT2D eigenvalue weighted by molar-refractivity contribution is 5.87. The molecule has 1 aromatic heterocycles. The van der Waals surface area contributed by atoms with E-state index in [0.29, 0.717) is 18.8 Å². The number of alkyl carbamates (subject to hydrolysis) is 1. The number of hydrogen-bond acceptors (Lipinski definition) is 7. The van der Waals surface area contributed by atoms with Crippen LogP contribution in [0.2, 0.25) is 0 Å². The van der Waals surface area contributed by atoms with Crippen molar-refractivity contribution in [3.05, 3.63) is 48.5 Å². The number of likely N-dealkylation sites (tertiary alicyclic amines) is 1. The van der Waals surface area contributed by atoms with Crippen molar-refractivity contribution < 1.29 is 28.6 Å². The van der Waals surface area contributed by atoms with Crippen molar-refractivity contribution in [2.75, 3.05) is 33.9 Å². The number of aromatic nitrogens is 1. The summed E-state index contributed by atoms with van der Waals surface area (Å²) in [4.78, 5) is 41.8. The van der Waals surface area contributed by atoms with Crippen LogP contribution in [-0.4, -0.2) is 67.8 Å². The Morgan fingerprint density at radius 2 is 1.84 bits per heavy atom. The van der Waals surface area contributed by atoms with Crippen molar-refractivity contribution in [3.63, 3.8) is 0 Å². The second kappa shape index (κ2) is 10.4. The van der Waals surface area contributed by atoms with E-state index < -0.39 is 24.0 Å². The lowest BCUT2D eigenvalue weighted by Gasteiger charge is -2.22.